The second kappa shape index (κ2) is 2.65. The number of nitrogens with two attached hydrogens (primary N) is 1. The minimum Gasteiger partial charge on any atom is -0.313 e. The van der Waals surface area contributed by atoms with Gasteiger partial charge in [-0.2, -0.15) is 0 Å². The van der Waals surface area contributed by atoms with Crippen LogP contribution >= 0.6 is 0 Å². The van der Waals surface area contributed by atoms with Gasteiger partial charge in [-0.25, -0.2) is 0 Å². The molecule has 1 aromatic carbocycles. The molecule has 0 aliphatic rings. The molecule has 0 radical (unpaired) electrons. The van der Waals surface area contributed by atoms with Crippen molar-refractivity contribution < 1.29 is 9.79 Å². The van der Waals surface area contributed by atoms with Crippen LogP contribution in [-0.2, 0) is 0 Å². The fourth-order valence-electron chi connectivity index (χ4n) is 1.02. The predicted molar refractivity (Wildman–Crippen MR) is 42.9 cm³/mol. The highest BCUT2D eigenvalue weighted by molar-refractivity contribution is 5.66. The van der Waals surface area contributed by atoms with Gasteiger partial charge in [0.05, 0.1) is 5.16 Å². The normalized spacial score (nSPS) is 10.0. The molecule has 0 amide bonds. The third-order valence-electron chi connectivity index (χ3n) is 1.59. The van der Waals surface area contributed by atoms with E-state index in [-0.39, 0.29) is 0 Å². The fraction of sp³-hybridized carbons (Fsp3) is 0. The number of hydrogen-bond acceptors (Lipinski definition) is 3. The number of nitrogens with one attached hydrogen (secondary N) is 1. The summed E-state index contributed by atoms with van der Waals surface area (Å²) in [7, 11) is 0. The average Bonchev–Trinajstić information content (AvgIpc) is 2.53. The third-order valence-corrected chi connectivity index (χ3v) is 1.59. The zero-order chi connectivity index (χ0) is 8.39. The van der Waals surface area contributed by atoms with E-state index in [0.29, 0.717) is 11.5 Å². The van der Waals surface area contributed by atoms with Crippen molar-refractivity contribution >= 4 is 5.82 Å². The molecule has 12 heavy (non-hydrogen) atoms. The number of nitrogens with zero attached hydrogens (tertiary/aromatic N) is 1. The van der Waals surface area contributed by atoms with E-state index in [4.69, 9.17) is 5.73 Å². The minimum absolute atomic E-state index is 0.446. The van der Waals surface area contributed by atoms with E-state index in [2.05, 4.69) is 14.9 Å². The Balaban J connectivity index is 2.51. The Morgan fingerprint density at radius 2 is 2.00 bits per heavy atom. The molecule has 0 saturated carbocycles. The molecule has 0 spiro atoms. The van der Waals surface area contributed by atoms with Gasteiger partial charge in [0.25, 0.3) is 11.5 Å². The van der Waals surface area contributed by atoms with Crippen LogP contribution in [0, 0.1) is 0 Å². The monoisotopic (exact) mass is 162 g/mol. The molecular formula is C8H8N3O+. The average molecular weight is 162 g/mol. The first-order valence-electron chi connectivity index (χ1n) is 3.56. The summed E-state index contributed by atoms with van der Waals surface area (Å²) in [5.41, 5.74) is 7.15. The highest BCUT2D eigenvalue weighted by Gasteiger charge is 2.13. The highest BCUT2D eigenvalue weighted by atomic mass is 16.6. The molecule has 1 heterocycles. The maximum absolute atomic E-state index is 5.56. The summed E-state index contributed by atoms with van der Waals surface area (Å²) in [5, 5.41) is 6.19. The lowest BCUT2D eigenvalue weighted by molar-refractivity contribution is -0.610. The molecule has 4 nitrogen and oxygen atoms in total. The topological polar surface area (TPSA) is 66.2 Å². The Morgan fingerprint density at radius 3 is 2.58 bits per heavy atom. The van der Waals surface area contributed by atoms with E-state index >= 15 is 0 Å². The van der Waals surface area contributed by atoms with Gasteiger partial charge in [0.2, 0.25) is 0 Å². The smallest absolute Gasteiger partial charge is 0.298 e. The number of aromatic nitrogens is 2. The number of hydrogen-bond donors (Lipinski definition) is 1. The number of benzene rings is 1. The van der Waals surface area contributed by atoms with Crippen molar-refractivity contribution in [2.75, 3.05) is 5.73 Å². The van der Waals surface area contributed by atoms with Crippen molar-refractivity contribution in [1.82, 2.24) is 5.16 Å². The van der Waals surface area contributed by atoms with Crippen LogP contribution in [0.4, 0.5) is 5.82 Å². The Morgan fingerprint density at radius 1 is 1.25 bits per heavy atom. The molecule has 0 aliphatic carbocycles. The van der Waals surface area contributed by atoms with Gasteiger partial charge in [-0.1, -0.05) is 35.5 Å². The lowest BCUT2D eigenvalue weighted by Crippen LogP contribution is -2.03. The molecule has 0 saturated heterocycles. The standard InChI is InChI=1S/C8H7N3O/c9-8-7(10-12-11-8)6-4-2-1-3-5-6/h1-5H,(H2,9,11)/p+1. The van der Waals surface area contributed by atoms with Crippen LogP contribution in [0.15, 0.2) is 35.0 Å². The second-order valence-corrected chi connectivity index (χ2v) is 2.41. The zero-order valence-corrected chi connectivity index (χ0v) is 6.32. The first kappa shape index (κ1) is 6.84. The second-order valence-electron chi connectivity index (χ2n) is 2.41. The molecule has 1 aromatic heterocycles. The molecule has 0 aliphatic heterocycles. The van der Waals surface area contributed by atoms with Crippen LogP contribution in [0.25, 0.3) is 11.3 Å². The van der Waals surface area contributed by atoms with Crippen LogP contribution in [0.3, 0.4) is 0 Å². The van der Waals surface area contributed by atoms with Gasteiger partial charge in [0, 0.05) is 5.56 Å². The van der Waals surface area contributed by atoms with Crippen LogP contribution < -0.4 is 10.9 Å². The summed E-state index contributed by atoms with van der Waals surface area (Å²) < 4.78 is 4.60. The van der Waals surface area contributed by atoms with E-state index in [1.54, 1.807) is 0 Å². The zero-order valence-electron chi connectivity index (χ0n) is 6.32. The van der Waals surface area contributed by atoms with Crippen molar-refractivity contribution in [3.63, 3.8) is 0 Å². The van der Waals surface area contributed by atoms with Gasteiger partial charge >= 0.3 is 0 Å². The molecule has 60 valence electrons. The molecule has 0 fully saturated rings. The molecule has 0 unspecified atom stereocenters. The molecule has 2 aromatic rings. The Kier molecular flexibility index (Phi) is 1.51. The van der Waals surface area contributed by atoms with E-state index in [1.165, 1.54) is 0 Å². The van der Waals surface area contributed by atoms with Crippen molar-refractivity contribution in [3.8, 4) is 11.3 Å². The SMILES string of the molecule is Nc1[nH+]onc1-c1ccccc1. The lowest BCUT2D eigenvalue weighted by atomic mass is 10.2. The number of H-pyrrole nitrogens is 1. The summed E-state index contributed by atoms with van der Waals surface area (Å²) in [5.74, 6) is 0.446. The largest absolute Gasteiger partial charge is 0.313 e. The van der Waals surface area contributed by atoms with Crippen molar-refractivity contribution in [3.05, 3.63) is 30.3 Å². The van der Waals surface area contributed by atoms with Crippen LogP contribution in [0.2, 0.25) is 0 Å². The van der Waals surface area contributed by atoms with Gasteiger partial charge in [0.15, 0.2) is 0 Å². The third kappa shape index (κ3) is 1.03. The molecule has 0 atom stereocenters. The summed E-state index contributed by atoms with van der Waals surface area (Å²) >= 11 is 0. The van der Waals surface area contributed by atoms with Gasteiger partial charge in [0.1, 0.15) is 0 Å². The number of rotatable bonds is 1. The van der Waals surface area contributed by atoms with Crippen LogP contribution in [0.1, 0.15) is 0 Å². The van der Waals surface area contributed by atoms with E-state index in [0.717, 1.165) is 5.56 Å². The van der Waals surface area contributed by atoms with Gasteiger partial charge in [-0.05, 0) is 0 Å². The predicted octanol–water partition coefficient (Wildman–Crippen LogP) is 0.738. The number of aromatic amines is 1. The Labute approximate surface area is 69.0 Å². The van der Waals surface area contributed by atoms with Crippen molar-refractivity contribution in [2.45, 2.75) is 0 Å². The highest BCUT2D eigenvalue weighted by Crippen LogP contribution is 2.18. The summed E-state index contributed by atoms with van der Waals surface area (Å²) in [6.45, 7) is 0. The first-order chi connectivity index (χ1) is 5.88. The summed E-state index contributed by atoms with van der Waals surface area (Å²) in [6.07, 6.45) is 0. The molecule has 0 bridgehead atoms. The maximum atomic E-state index is 5.56. The maximum Gasteiger partial charge on any atom is 0.298 e. The van der Waals surface area contributed by atoms with Gasteiger partial charge in [-0.15, -0.1) is 4.63 Å². The van der Waals surface area contributed by atoms with E-state index < -0.39 is 0 Å². The van der Waals surface area contributed by atoms with Crippen molar-refractivity contribution in [2.24, 2.45) is 0 Å². The Bertz CT molecular complexity index is 369. The fourth-order valence-corrected chi connectivity index (χ4v) is 1.02. The lowest BCUT2D eigenvalue weighted by Gasteiger charge is -1.88. The van der Waals surface area contributed by atoms with Crippen molar-refractivity contribution in [1.29, 1.82) is 0 Å². The summed E-state index contributed by atoms with van der Waals surface area (Å²) in [6, 6.07) is 9.61. The van der Waals surface area contributed by atoms with E-state index in [9.17, 15) is 0 Å². The number of nitrogen functional groups attached to an aromatic ring is 1. The molecular weight excluding hydrogens is 154 g/mol. The number of anilines is 1. The quantitative estimate of drug-likeness (QED) is 0.672. The minimum atomic E-state index is 0.446. The molecule has 2 rings (SSSR count). The molecule has 3 N–H and O–H groups in total. The van der Waals surface area contributed by atoms with Gasteiger partial charge in [-0.3, -0.25) is 0 Å². The first-order valence-corrected chi connectivity index (χ1v) is 3.56. The van der Waals surface area contributed by atoms with Crippen LogP contribution in [0.5, 0.6) is 0 Å². The van der Waals surface area contributed by atoms with Crippen LogP contribution in [-0.4, -0.2) is 5.16 Å². The van der Waals surface area contributed by atoms with Gasteiger partial charge < -0.3 is 5.73 Å². The Hall–Kier alpha value is -1.84. The summed E-state index contributed by atoms with van der Waals surface area (Å²) in [4.78, 5) is 0. The van der Waals surface area contributed by atoms with E-state index in [1.807, 2.05) is 30.3 Å². The molecule has 4 heteroatoms.